The SMILES string of the molecule is COc1ccc(CCC(=O)NCc2cccc(NC(=O)c3ccc(C)cc3)c2)cc1Br. The summed E-state index contributed by atoms with van der Waals surface area (Å²) in [5.74, 6) is 0.579. The molecule has 0 aliphatic heterocycles. The Hall–Kier alpha value is -3.12. The molecule has 2 N–H and O–H groups in total. The zero-order valence-electron chi connectivity index (χ0n) is 17.6. The van der Waals surface area contributed by atoms with Gasteiger partial charge in [0.2, 0.25) is 5.91 Å². The van der Waals surface area contributed by atoms with Gasteiger partial charge in [-0.1, -0.05) is 35.9 Å². The molecule has 0 heterocycles. The molecule has 0 unspecified atom stereocenters. The van der Waals surface area contributed by atoms with Crippen molar-refractivity contribution < 1.29 is 14.3 Å². The van der Waals surface area contributed by atoms with Crippen molar-refractivity contribution in [2.45, 2.75) is 26.3 Å². The molecule has 3 rings (SSSR count). The molecule has 0 aliphatic rings. The number of benzene rings is 3. The lowest BCUT2D eigenvalue weighted by atomic mass is 10.1. The van der Waals surface area contributed by atoms with Gasteiger partial charge in [-0.2, -0.15) is 0 Å². The lowest BCUT2D eigenvalue weighted by Gasteiger charge is -2.10. The Morgan fingerprint density at radius 1 is 0.968 bits per heavy atom. The smallest absolute Gasteiger partial charge is 0.255 e. The molecule has 5 nitrogen and oxygen atoms in total. The van der Waals surface area contributed by atoms with E-state index in [2.05, 4.69) is 26.6 Å². The Morgan fingerprint density at radius 3 is 2.45 bits per heavy atom. The minimum absolute atomic E-state index is 0.0268. The minimum Gasteiger partial charge on any atom is -0.496 e. The first kappa shape index (κ1) is 22.6. The zero-order chi connectivity index (χ0) is 22.2. The Bertz CT molecular complexity index is 1060. The average Bonchev–Trinajstić information content (AvgIpc) is 2.77. The molecule has 0 saturated heterocycles. The monoisotopic (exact) mass is 480 g/mol. The minimum atomic E-state index is -0.160. The van der Waals surface area contributed by atoms with Gasteiger partial charge in [0.25, 0.3) is 5.91 Å². The fourth-order valence-corrected chi connectivity index (χ4v) is 3.67. The van der Waals surface area contributed by atoms with Gasteiger partial charge in [0.05, 0.1) is 11.6 Å². The highest BCUT2D eigenvalue weighted by Crippen LogP contribution is 2.26. The standard InChI is InChI=1S/C25H25BrN2O3/c1-17-6-10-20(11-7-17)25(30)28-21-5-3-4-19(14-21)16-27-24(29)13-9-18-8-12-23(31-2)22(26)15-18/h3-8,10-12,14-15H,9,13,16H2,1-2H3,(H,27,29)(H,28,30). The quantitative estimate of drug-likeness (QED) is 0.461. The summed E-state index contributed by atoms with van der Waals surface area (Å²) in [7, 11) is 1.62. The van der Waals surface area contributed by atoms with Crippen LogP contribution in [0.1, 0.15) is 33.5 Å². The molecular weight excluding hydrogens is 456 g/mol. The van der Waals surface area contributed by atoms with Gasteiger partial charge in [-0.15, -0.1) is 0 Å². The van der Waals surface area contributed by atoms with Crippen molar-refractivity contribution in [2.24, 2.45) is 0 Å². The number of rotatable bonds is 8. The van der Waals surface area contributed by atoms with Gasteiger partial charge in [-0.25, -0.2) is 0 Å². The second-order valence-electron chi connectivity index (χ2n) is 7.27. The molecule has 31 heavy (non-hydrogen) atoms. The number of nitrogens with one attached hydrogen (secondary N) is 2. The van der Waals surface area contributed by atoms with Crippen LogP contribution in [0.2, 0.25) is 0 Å². The number of amides is 2. The number of carbonyl (C=O) groups excluding carboxylic acids is 2. The van der Waals surface area contributed by atoms with Crippen LogP contribution >= 0.6 is 15.9 Å². The largest absolute Gasteiger partial charge is 0.496 e. The Labute approximate surface area is 191 Å². The number of hydrogen-bond donors (Lipinski definition) is 2. The van der Waals surface area contributed by atoms with E-state index in [0.717, 1.165) is 26.9 Å². The lowest BCUT2D eigenvalue weighted by molar-refractivity contribution is -0.121. The third-order valence-electron chi connectivity index (χ3n) is 4.85. The molecule has 0 spiro atoms. The highest BCUT2D eigenvalue weighted by Gasteiger charge is 2.08. The van der Waals surface area contributed by atoms with Crippen LogP contribution in [0.4, 0.5) is 5.69 Å². The molecule has 0 fully saturated rings. The molecule has 0 bridgehead atoms. The molecule has 3 aromatic carbocycles. The van der Waals surface area contributed by atoms with Crippen molar-refractivity contribution in [1.29, 1.82) is 0 Å². The van der Waals surface area contributed by atoms with Crippen molar-refractivity contribution >= 4 is 33.4 Å². The van der Waals surface area contributed by atoms with Crippen molar-refractivity contribution in [1.82, 2.24) is 5.32 Å². The van der Waals surface area contributed by atoms with Gasteiger partial charge in [-0.3, -0.25) is 9.59 Å². The molecule has 0 aromatic heterocycles. The molecular formula is C25H25BrN2O3. The van der Waals surface area contributed by atoms with Crippen LogP contribution in [0.5, 0.6) is 5.75 Å². The van der Waals surface area contributed by atoms with Crippen molar-refractivity contribution in [3.8, 4) is 5.75 Å². The second kappa shape index (κ2) is 10.8. The number of aryl methyl sites for hydroxylation is 2. The van der Waals surface area contributed by atoms with Crippen molar-refractivity contribution in [2.75, 3.05) is 12.4 Å². The fraction of sp³-hybridized carbons (Fsp3) is 0.200. The van der Waals surface area contributed by atoms with Gasteiger partial charge in [0.1, 0.15) is 5.75 Å². The van der Waals surface area contributed by atoms with Crippen LogP contribution in [0.25, 0.3) is 0 Å². The zero-order valence-corrected chi connectivity index (χ0v) is 19.2. The number of hydrogen-bond acceptors (Lipinski definition) is 3. The molecule has 160 valence electrons. The number of carbonyl (C=O) groups is 2. The molecule has 6 heteroatoms. The van der Waals surface area contributed by atoms with E-state index in [1.54, 1.807) is 19.2 Å². The van der Waals surface area contributed by atoms with Gasteiger partial charge < -0.3 is 15.4 Å². The summed E-state index contributed by atoms with van der Waals surface area (Å²) in [4.78, 5) is 24.7. The first-order valence-corrected chi connectivity index (χ1v) is 10.8. The van der Waals surface area contributed by atoms with Crippen molar-refractivity contribution in [3.05, 3.63) is 93.5 Å². The first-order valence-electron chi connectivity index (χ1n) is 10.0. The third kappa shape index (κ3) is 6.69. The van der Waals surface area contributed by atoms with E-state index >= 15 is 0 Å². The molecule has 0 radical (unpaired) electrons. The Morgan fingerprint density at radius 2 is 1.74 bits per heavy atom. The number of methoxy groups -OCH3 is 1. The maximum absolute atomic E-state index is 12.4. The van der Waals surface area contributed by atoms with E-state index in [9.17, 15) is 9.59 Å². The van der Waals surface area contributed by atoms with Crippen LogP contribution in [-0.2, 0) is 17.8 Å². The van der Waals surface area contributed by atoms with Crippen LogP contribution in [0.3, 0.4) is 0 Å². The maximum atomic E-state index is 12.4. The van der Waals surface area contributed by atoms with Gasteiger partial charge in [0.15, 0.2) is 0 Å². The third-order valence-corrected chi connectivity index (χ3v) is 5.46. The van der Waals surface area contributed by atoms with Gasteiger partial charge >= 0.3 is 0 Å². The van der Waals surface area contributed by atoms with Crippen molar-refractivity contribution in [3.63, 3.8) is 0 Å². The van der Waals surface area contributed by atoms with Crippen LogP contribution in [0.15, 0.2) is 71.2 Å². The van der Waals surface area contributed by atoms with Crippen LogP contribution in [-0.4, -0.2) is 18.9 Å². The topological polar surface area (TPSA) is 67.4 Å². The summed E-state index contributed by atoms with van der Waals surface area (Å²) in [5, 5.41) is 5.84. The molecule has 3 aromatic rings. The molecule has 2 amide bonds. The second-order valence-corrected chi connectivity index (χ2v) is 8.12. The number of halogens is 1. The summed E-state index contributed by atoms with van der Waals surface area (Å²) < 4.78 is 6.10. The molecule has 0 aliphatic carbocycles. The summed E-state index contributed by atoms with van der Waals surface area (Å²) in [5.41, 5.74) is 4.38. The average molecular weight is 481 g/mol. The van der Waals surface area contributed by atoms with E-state index in [1.165, 1.54) is 0 Å². The molecule has 0 atom stereocenters. The van der Waals surface area contributed by atoms with E-state index in [4.69, 9.17) is 4.74 Å². The maximum Gasteiger partial charge on any atom is 0.255 e. The summed E-state index contributed by atoms with van der Waals surface area (Å²) >= 11 is 3.46. The predicted molar refractivity (Wildman–Crippen MR) is 126 cm³/mol. The van der Waals surface area contributed by atoms with E-state index in [-0.39, 0.29) is 11.8 Å². The Kier molecular flexibility index (Phi) is 7.84. The molecule has 0 saturated carbocycles. The highest BCUT2D eigenvalue weighted by atomic mass is 79.9. The van der Waals surface area contributed by atoms with E-state index < -0.39 is 0 Å². The number of ether oxygens (including phenoxy) is 1. The van der Waals surface area contributed by atoms with Crippen LogP contribution in [0, 0.1) is 6.92 Å². The van der Waals surface area contributed by atoms with E-state index in [0.29, 0.717) is 30.6 Å². The highest BCUT2D eigenvalue weighted by molar-refractivity contribution is 9.10. The lowest BCUT2D eigenvalue weighted by Crippen LogP contribution is -2.23. The van der Waals surface area contributed by atoms with E-state index in [1.807, 2.05) is 61.5 Å². The Balaban J connectivity index is 1.50. The van der Waals surface area contributed by atoms with Gasteiger partial charge in [-0.05, 0) is 76.8 Å². The number of anilines is 1. The fourth-order valence-electron chi connectivity index (χ4n) is 3.08. The summed E-state index contributed by atoms with van der Waals surface area (Å²) in [6.07, 6.45) is 1.03. The van der Waals surface area contributed by atoms with Crippen LogP contribution < -0.4 is 15.4 Å². The first-order chi connectivity index (χ1) is 14.9. The van der Waals surface area contributed by atoms with Gasteiger partial charge in [0, 0.05) is 24.2 Å². The summed E-state index contributed by atoms with van der Waals surface area (Å²) in [6, 6.07) is 20.7. The predicted octanol–water partition coefficient (Wildman–Crippen LogP) is 5.27. The summed E-state index contributed by atoms with van der Waals surface area (Å²) in [6.45, 7) is 2.38. The normalized spacial score (nSPS) is 10.4.